The molecule has 2 unspecified atom stereocenters. The van der Waals surface area contributed by atoms with Gasteiger partial charge in [-0.05, 0) is 30.6 Å². The third-order valence-corrected chi connectivity index (χ3v) is 7.22. The van der Waals surface area contributed by atoms with Crippen molar-refractivity contribution < 1.29 is 33.0 Å². The number of carboxylic acid groups (broad SMARTS) is 1. The number of carbonyl (C=O) groups excluding carboxylic acids is 1. The summed E-state index contributed by atoms with van der Waals surface area (Å²) in [7, 11) is -1.86. The second-order valence-electron chi connectivity index (χ2n) is 7.70. The van der Waals surface area contributed by atoms with Gasteiger partial charge in [0, 0.05) is 6.54 Å². The minimum atomic E-state index is -3.07. The van der Waals surface area contributed by atoms with Crippen LogP contribution >= 0.6 is 0 Å². The van der Waals surface area contributed by atoms with Crippen LogP contribution in [-0.4, -0.2) is 79.1 Å². The van der Waals surface area contributed by atoms with Crippen molar-refractivity contribution in [2.45, 2.75) is 51.4 Å². The summed E-state index contributed by atoms with van der Waals surface area (Å²) in [5, 5.41) is 23.0. The van der Waals surface area contributed by atoms with Gasteiger partial charge in [-0.15, -0.1) is 0 Å². The third-order valence-electron chi connectivity index (χ3n) is 5.57. The van der Waals surface area contributed by atoms with Crippen LogP contribution in [0.25, 0.3) is 0 Å². The normalized spacial score (nSPS) is 27.2. The van der Waals surface area contributed by atoms with Gasteiger partial charge in [0.1, 0.15) is 22.1 Å². The van der Waals surface area contributed by atoms with Gasteiger partial charge in [-0.2, -0.15) is 0 Å². The lowest BCUT2D eigenvalue weighted by molar-refractivity contribution is -0.147. The van der Waals surface area contributed by atoms with Crippen molar-refractivity contribution in [1.82, 2.24) is 10.2 Å². The van der Waals surface area contributed by atoms with E-state index in [4.69, 9.17) is 0 Å². The number of sulfone groups is 1. The molecule has 2 aliphatic heterocycles. The molecule has 1 spiro atoms. The van der Waals surface area contributed by atoms with Crippen molar-refractivity contribution in [3.05, 3.63) is 0 Å². The first kappa shape index (κ1) is 20.9. The summed E-state index contributed by atoms with van der Waals surface area (Å²) in [6, 6.07) is -1.64. The minimum absolute atomic E-state index is 0.0390. The molecule has 2 aliphatic rings. The van der Waals surface area contributed by atoms with Crippen molar-refractivity contribution >= 4 is 21.9 Å². The summed E-state index contributed by atoms with van der Waals surface area (Å²) in [5.41, 5.74) is -0.442. The van der Waals surface area contributed by atoms with Gasteiger partial charge >= 0.3 is 12.1 Å². The molecule has 0 aliphatic carbocycles. The molecule has 0 aromatic rings. The number of methoxy groups -OCH3 is 1. The molecule has 0 aromatic carbocycles. The van der Waals surface area contributed by atoms with Crippen LogP contribution in [0.3, 0.4) is 0 Å². The Morgan fingerprint density at radius 3 is 2.31 bits per heavy atom. The van der Waals surface area contributed by atoms with E-state index in [-0.39, 0.29) is 30.4 Å². The molecule has 1 amide bonds. The van der Waals surface area contributed by atoms with Crippen LogP contribution < -0.4 is 5.32 Å². The smallest absolute Gasteiger partial charge is 0.407 e. The number of nitrogens with one attached hydrogen (secondary N) is 1. The monoisotopic (exact) mass is 392 g/mol. The highest BCUT2D eigenvalue weighted by atomic mass is 32.2. The Kier molecular flexibility index (Phi) is 6.19. The van der Waals surface area contributed by atoms with Crippen molar-refractivity contribution in [1.29, 1.82) is 0 Å². The number of aliphatic hydroxyl groups excluding tert-OH is 1. The molecule has 2 saturated heterocycles. The Labute approximate surface area is 153 Å². The minimum Gasteiger partial charge on any atom is -0.480 e. The maximum Gasteiger partial charge on any atom is 0.407 e. The predicted octanol–water partition coefficient (Wildman–Crippen LogP) is 0.0393. The third kappa shape index (κ3) is 4.47. The summed E-state index contributed by atoms with van der Waals surface area (Å²) in [6.07, 6.45) is -0.851. The number of ether oxygens (including phenoxy) is 1. The van der Waals surface area contributed by atoms with E-state index in [1.807, 2.05) is 0 Å². The van der Waals surface area contributed by atoms with Gasteiger partial charge in [-0.25, -0.2) is 13.2 Å². The fourth-order valence-corrected chi connectivity index (χ4v) is 5.61. The molecule has 0 saturated carbocycles. The molecule has 0 aromatic heterocycles. The van der Waals surface area contributed by atoms with Crippen LogP contribution in [0.2, 0.25) is 0 Å². The molecule has 2 heterocycles. The summed E-state index contributed by atoms with van der Waals surface area (Å²) in [5.74, 6) is -1.15. The Morgan fingerprint density at radius 2 is 1.85 bits per heavy atom. The highest BCUT2D eigenvalue weighted by molar-refractivity contribution is 7.91. The summed E-state index contributed by atoms with van der Waals surface area (Å²) >= 11 is 0. The second-order valence-corrected chi connectivity index (χ2v) is 10.0. The van der Waals surface area contributed by atoms with Gasteiger partial charge in [0.25, 0.3) is 0 Å². The first-order valence-electron chi connectivity index (χ1n) is 8.72. The number of rotatable bonds is 5. The van der Waals surface area contributed by atoms with Crippen molar-refractivity contribution in [3.8, 4) is 0 Å². The molecule has 150 valence electrons. The van der Waals surface area contributed by atoms with E-state index < -0.39 is 45.6 Å². The van der Waals surface area contributed by atoms with E-state index in [2.05, 4.69) is 10.1 Å². The summed E-state index contributed by atoms with van der Waals surface area (Å²) in [6.45, 7) is 3.89. The molecular weight excluding hydrogens is 364 g/mol. The Hall–Kier alpha value is -1.39. The number of likely N-dealkylation sites (tertiary alicyclic amines) is 1. The molecule has 9 nitrogen and oxygen atoms in total. The highest BCUT2D eigenvalue weighted by Gasteiger charge is 2.52. The van der Waals surface area contributed by atoms with E-state index in [1.165, 1.54) is 12.0 Å². The fraction of sp³-hybridized carbons (Fsp3) is 0.875. The average molecular weight is 392 g/mol. The zero-order valence-electron chi connectivity index (χ0n) is 15.3. The number of aliphatic carboxylic acids is 1. The number of hydrogen-bond donors (Lipinski definition) is 3. The van der Waals surface area contributed by atoms with Crippen LogP contribution in [0, 0.1) is 11.3 Å². The van der Waals surface area contributed by atoms with E-state index in [0.29, 0.717) is 12.8 Å². The SMILES string of the molecule is COC(=O)N[C@@H](C(C)C)C(O)N1CC2(CCS(=O)(=O)CC2)CC1C(=O)O. The lowest BCUT2D eigenvalue weighted by atomic mass is 9.80. The van der Waals surface area contributed by atoms with Crippen molar-refractivity contribution in [3.63, 3.8) is 0 Å². The molecule has 2 fully saturated rings. The first-order chi connectivity index (χ1) is 12.0. The molecule has 10 heteroatoms. The maximum absolute atomic E-state index is 11.8. The molecular formula is C16H28N2O7S. The van der Waals surface area contributed by atoms with Crippen LogP contribution in [0.1, 0.15) is 33.1 Å². The zero-order chi connectivity index (χ0) is 19.7. The van der Waals surface area contributed by atoms with E-state index in [1.54, 1.807) is 13.8 Å². The van der Waals surface area contributed by atoms with Gasteiger partial charge in [-0.3, -0.25) is 9.69 Å². The number of carboxylic acids is 1. The molecule has 3 N–H and O–H groups in total. The maximum atomic E-state index is 11.8. The number of nitrogens with zero attached hydrogens (tertiary/aromatic N) is 1. The summed E-state index contributed by atoms with van der Waals surface area (Å²) < 4.78 is 28.1. The number of alkyl carbamates (subject to hydrolysis) is 1. The predicted molar refractivity (Wildman–Crippen MR) is 93.2 cm³/mol. The van der Waals surface area contributed by atoms with Gasteiger partial charge in [0.05, 0.1) is 24.7 Å². The molecule has 0 bridgehead atoms. The quantitative estimate of drug-likeness (QED) is 0.597. The van der Waals surface area contributed by atoms with Gasteiger partial charge in [0.2, 0.25) is 0 Å². The Morgan fingerprint density at radius 1 is 1.27 bits per heavy atom. The van der Waals surface area contributed by atoms with E-state index in [0.717, 1.165) is 0 Å². The first-order valence-corrected chi connectivity index (χ1v) is 10.5. The largest absolute Gasteiger partial charge is 0.480 e. The second kappa shape index (κ2) is 7.69. The number of hydrogen-bond acceptors (Lipinski definition) is 7. The molecule has 2 rings (SSSR count). The molecule has 3 atom stereocenters. The Bertz CT molecular complexity index is 635. The molecule has 0 radical (unpaired) electrons. The topological polar surface area (TPSA) is 133 Å². The van der Waals surface area contributed by atoms with E-state index >= 15 is 0 Å². The van der Waals surface area contributed by atoms with Crippen LogP contribution in [0.5, 0.6) is 0 Å². The Balaban J connectivity index is 2.22. The number of aliphatic hydroxyl groups is 1. The lowest BCUT2D eigenvalue weighted by Gasteiger charge is -2.37. The number of carbonyl (C=O) groups is 2. The van der Waals surface area contributed by atoms with Crippen molar-refractivity contribution in [2.75, 3.05) is 25.2 Å². The standard InChI is InChI=1S/C16H28N2O7S/c1-10(2)12(17-15(22)25-3)13(19)18-9-16(8-11(18)14(20)21)4-6-26(23,24)7-5-16/h10-13,19H,4-9H2,1-3H3,(H,17,22)(H,20,21)/t11?,12-,13?/m0/s1. The van der Waals surface area contributed by atoms with Gasteiger partial charge in [-0.1, -0.05) is 13.8 Å². The fourth-order valence-electron chi connectivity index (χ4n) is 3.92. The van der Waals surface area contributed by atoms with E-state index in [9.17, 15) is 28.2 Å². The highest BCUT2D eigenvalue weighted by Crippen LogP contribution is 2.45. The van der Waals surface area contributed by atoms with Gasteiger partial charge in [0.15, 0.2) is 0 Å². The van der Waals surface area contributed by atoms with Crippen molar-refractivity contribution in [2.24, 2.45) is 11.3 Å². The lowest BCUT2D eigenvalue weighted by Crippen LogP contribution is -2.57. The van der Waals surface area contributed by atoms with Crippen LogP contribution in [-0.2, 0) is 19.4 Å². The zero-order valence-corrected chi connectivity index (χ0v) is 16.2. The van der Waals surface area contributed by atoms with Crippen LogP contribution in [0.4, 0.5) is 4.79 Å². The van der Waals surface area contributed by atoms with Crippen LogP contribution in [0.15, 0.2) is 0 Å². The number of amides is 1. The molecule has 26 heavy (non-hydrogen) atoms. The van der Waals surface area contributed by atoms with Gasteiger partial charge < -0.3 is 20.3 Å². The average Bonchev–Trinajstić information content (AvgIpc) is 2.95. The summed E-state index contributed by atoms with van der Waals surface area (Å²) in [4.78, 5) is 24.8.